The first-order valence-corrected chi connectivity index (χ1v) is 5.73. The lowest BCUT2D eigenvalue weighted by molar-refractivity contribution is -0.113. The number of aliphatic imine (C=N–C) groups is 1. The van der Waals surface area contributed by atoms with E-state index < -0.39 is 0 Å². The molecule has 1 aliphatic heterocycles. The maximum Gasteiger partial charge on any atom is 0.286 e. The van der Waals surface area contributed by atoms with Crippen LogP contribution >= 0.6 is 11.8 Å². The van der Waals surface area contributed by atoms with Gasteiger partial charge in [0.05, 0.1) is 4.91 Å². The second-order valence-corrected chi connectivity index (χ2v) is 4.79. The zero-order chi connectivity index (χ0) is 11.7. The summed E-state index contributed by atoms with van der Waals surface area (Å²) in [5, 5.41) is 0.321. The highest BCUT2D eigenvalue weighted by molar-refractivity contribution is 8.18. The first-order chi connectivity index (χ1) is 7.56. The van der Waals surface area contributed by atoms with Gasteiger partial charge in [0.2, 0.25) is 0 Å². The summed E-state index contributed by atoms with van der Waals surface area (Å²) < 4.78 is 0. The van der Waals surface area contributed by atoms with Gasteiger partial charge in [-0.1, -0.05) is 23.8 Å². The number of carbonyl (C=O) groups is 1. The Morgan fingerprint density at radius 1 is 1.38 bits per heavy atom. The van der Waals surface area contributed by atoms with Crippen molar-refractivity contribution in [3.8, 4) is 0 Å². The second-order valence-electron chi connectivity index (χ2n) is 3.73. The number of nitrogens with zero attached hydrogens (tertiary/aromatic N) is 1. The molecule has 4 heteroatoms. The number of aryl methyl sites for hydroxylation is 2. The van der Waals surface area contributed by atoms with Crippen molar-refractivity contribution in [1.29, 1.82) is 0 Å². The summed E-state index contributed by atoms with van der Waals surface area (Å²) in [5.74, 6) is -0.247. The highest BCUT2D eigenvalue weighted by Crippen LogP contribution is 2.27. The van der Waals surface area contributed by atoms with Gasteiger partial charge in [-0.15, -0.1) is 0 Å². The number of rotatable bonds is 1. The molecular weight excluding hydrogens is 220 g/mol. The Kier molecular flexibility index (Phi) is 2.83. The van der Waals surface area contributed by atoms with Crippen LogP contribution in [0.5, 0.6) is 0 Å². The summed E-state index contributed by atoms with van der Waals surface area (Å²) in [6.45, 7) is 4.04. The summed E-state index contributed by atoms with van der Waals surface area (Å²) in [7, 11) is 0. The third kappa shape index (κ3) is 2.17. The van der Waals surface area contributed by atoms with Gasteiger partial charge in [0.1, 0.15) is 0 Å². The van der Waals surface area contributed by atoms with E-state index in [-0.39, 0.29) is 5.91 Å². The quantitative estimate of drug-likeness (QED) is 0.755. The minimum absolute atomic E-state index is 0.247. The Hall–Kier alpha value is -1.55. The lowest BCUT2D eigenvalue weighted by Gasteiger charge is -2.02. The minimum atomic E-state index is -0.247. The number of hydrogen-bond acceptors (Lipinski definition) is 3. The van der Waals surface area contributed by atoms with Crippen LogP contribution < -0.4 is 5.73 Å². The van der Waals surface area contributed by atoms with Crippen molar-refractivity contribution >= 4 is 28.9 Å². The Bertz CT molecular complexity index is 518. The van der Waals surface area contributed by atoms with Crippen LogP contribution in [-0.4, -0.2) is 11.1 Å². The first-order valence-electron chi connectivity index (χ1n) is 4.91. The maximum atomic E-state index is 11.4. The normalized spacial score (nSPS) is 18.0. The number of benzene rings is 1. The van der Waals surface area contributed by atoms with E-state index in [0.29, 0.717) is 10.1 Å². The number of amides is 1. The number of nitrogens with two attached hydrogens (primary N) is 1. The Morgan fingerprint density at radius 2 is 2.12 bits per heavy atom. The number of amidine groups is 1. The van der Waals surface area contributed by atoms with E-state index in [9.17, 15) is 4.79 Å². The fraction of sp³-hybridized carbons (Fsp3) is 0.167. The zero-order valence-electron chi connectivity index (χ0n) is 9.15. The molecule has 0 bridgehead atoms. The summed E-state index contributed by atoms with van der Waals surface area (Å²) >= 11 is 1.22. The minimum Gasteiger partial charge on any atom is -0.378 e. The topological polar surface area (TPSA) is 55.4 Å². The molecule has 1 aromatic rings. The van der Waals surface area contributed by atoms with Crippen LogP contribution in [0.4, 0.5) is 0 Å². The summed E-state index contributed by atoms with van der Waals surface area (Å²) in [4.78, 5) is 15.7. The predicted octanol–water partition coefficient (Wildman–Crippen LogP) is 2.23. The van der Waals surface area contributed by atoms with Gasteiger partial charge in [0.25, 0.3) is 5.91 Å². The van der Waals surface area contributed by atoms with Gasteiger partial charge in [0.15, 0.2) is 5.17 Å². The van der Waals surface area contributed by atoms with Gasteiger partial charge in [0, 0.05) is 0 Å². The van der Waals surface area contributed by atoms with Gasteiger partial charge in [-0.3, -0.25) is 4.79 Å². The van der Waals surface area contributed by atoms with Crippen LogP contribution in [0.25, 0.3) is 6.08 Å². The molecule has 0 unspecified atom stereocenters. The molecular formula is C12H12N2OS. The van der Waals surface area contributed by atoms with Crippen molar-refractivity contribution in [2.24, 2.45) is 10.7 Å². The van der Waals surface area contributed by atoms with Crippen LogP contribution in [0.3, 0.4) is 0 Å². The van der Waals surface area contributed by atoms with Crippen molar-refractivity contribution in [1.82, 2.24) is 0 Å². The Balaban J connectivity index is 2.37. The van der Waals surface area contributed by atoms with Crippen molar-refractivity contribution in [3.63, 3.8) is 0 Å². The third-order valence-corrected chi connectivity index (χ3v) is 3.17. The standard InChI is InChI=1S/C12H12N2OS/c1-7-3-4-8(2)9(5-7)6-10-11(15)14-12(13)16-10/h3-6H,1-2H3,(H2,13,14,15). The third-order valence-electron chi connectivity index (χ3n) is 2.36. The maximum absolute atomic E-state index is 11.4. The average Bonchev–Trinajstić information content (AvgIpc) is 2.51. The fourth-order valence-electron chi connectivity index (χ4n) is 1.48. The lowest BCUT2D eigenvalue weighted by Crippen LogP contribution is -2.01. The van der Waals surface area contributed by atoms with Crippen LogP contribution in [0.15, 0.2) is 28.1 Å². The highest BCUT2D eigenvalue weighted by Gasteiger charge is 2.19. The molecule has 0 radical (unpaired) electrons. The van der Waals surface area contributed by atoms with E-state index in [4.69, 9.17) is 5.73 Å². The lowest BCUT2D eigenvalue weighted by atomic mass is 10.1. The van der Waals surface area contributed by atoms with E-state index in [1.165, 1.54) is 17.3 Å². The largest absolute Gasteiger partial charge is 0.378 e. The molecule has 0 atom stereocenters. The summed E-state index contributed by atoms with van der Waals surface area (Å²) in [6.07, 6.45) is 1.85. The van der Waals surface area contributed by atoms with Crippen LogP contribution in [0.1, 0.15) is 16.7 Å². The molecule has 82 valence electrons. The Labute approximate surface area is 98.4 Å². The second kappa shape index (κ2) is 4.14. The van der Waals surface area contributed by atoms with Crippen molar-refractivity contribution in [2.75, 3.05) is 0 Å². The van der Waals surface area contributed by atoms with Gasteiger partial charge in [-0.25, -0.2) is 0 Å². The molecule has 1 amide bonds. The molecule has 2 rings (SSSR count). The highest BCUT2D eigenvalue weighted by atomic mass is 32.2. The van der Waals surface area contributed by atoms with E-state index in [1.54, 1.807) is 0 Å². The molecule has 0 fully saturated rings. The SMILES string of the molecule is Cc1ccc(C)c(C=C2SC(N)=NC2=O)c1. The predicted molar refractivity (Wildman–Crippen MR) is 68.1 cm³/mol. The number of hydrogen-bond donors (Lipinski definition) is 1. The van der Waals surface area contributed by atoms with E-state index in [1.807, 2.05) is 38.1 Å². The molecule has 0 aromatic heterocycles. The molecule has 1 aliphatic rings. The molecule has 1 heterocycles. The van der Waals surface area contributed by atoms with E-state index in [0.717, 1.165) is 11.1 Å². The van der Waals surface area contributed by atoms with Crippen molar-refractivity contribution < 1.29 is 4.79 Å². The monoisotopic (exact) mass is 232 g/mol. The zero-order valence-corrected chi connectivity index (χ0v) is 9.97. The number of thioether (sulfide) groups is 1. The molecule has 2 N–H and O–H groups in total. The average molecular weight is 232 g/mol. The first kappa shape index (κ1) is 11.0. The smallest absolute Gasteiger partial charge is 0.286 e. The molecule has 0 spiro atoms. The van der Waals surface area contributed by atoms with Crippen LogP contribution in [0, 0.1) is 13.8 Å². The summed E-state index contributed by atoms with van der Waals surface area (Å²) in [5.41, 5.74) is 8.84. The number of carbonyl (C=O) groups excluding carboxylic acids is 1. The van der Waals surface area contributed by atoms with Gasteiger partial charge < -0.3 is 5.73 Å². The molecule has 0 aliphatic carbocycles. The van der Waals surface area contributed by atoms with Crippen molar-refractivity contribution in [3.05, 3.63) is 39.8 Å². The van der Waals surface area contributed by atoms with Gasteiger partial charge >= 0.3 is 0 Å². The summed E-state index contributed by atoms with van der Waals surface area (Å²) in [6, 6.07) is 6.13. The molecule has 0 saturated carbocycles. The van der Waals surface area contributed by atoms with Crippen LogP contribution in [-0.2, 0) is 4.79 Å². The van der Waals surface area contributed by atoms with Crippen molar-refractivity contribution in [2.45, 2.75) is 13.8 Å². The molecule has 16 heavy (non-hydrogen) atoms. The van der Waals surface area contributed by atoms with E-state index >= 15 is 0 Å². The van der Waals surface area contributed by atoms with Crippen LogP contribution in [0.2, 0.25) is 0 Å². The van der Waals surface area contributed by atoms with E-state index in [2.05, 4.69) is 4.99 Å². The molecule has 0 saturated heterocycles. The molecule has 1 aromatic carbocycles. The molecule has 3 nitrogen and oxygen atoms in total. The fourth-order valence-corrected chi connectivity index (χ4v) is 2.15. The van der Waals surface area contributed by atoms with Gasteiger partial charge in [-0.2, -0.15) is 4.99 Å². The Morgan fingerprint density at radius 3 is 2.75 bits per heavy atom. The van der Waals surface area contributed by atoms with Gasteiger partial charge in [-0.05, 0) is 42.8 Å².